The summed E-state index contributed by atoms with van der Waals surface area (Å²) in [6.07, 6.45) is 0. The first-order chi connectivity index (χ1) is 8.51. The molecule has 1 aliphatic heterocycles. The van der Waals surface area contributed by atoms with Crippen molar-refractivity contribution in [3.05, 3.63) is 35.4 Å². The van der Waals surface area contributed by atoms with Crippen LogP contribution in [0.3, 0.4) is 0 Å². The molecular formula is C13H20N2O2S. The Morgan fingerprint density at radius 2 is 2.11 bits per heavy atom. The maximum atomic E-state index is 12.3. The summed E-state index contributed by atoms with van der Waals surface area (Å²) >= 11 is 0. The lowest BCUT2D eigenvalue weighted by atomic mass is 10.1. The first kappa shape index (κ1) is 13.5. The second kappa shape index (κ2) is 5.38. The van der Waals surface area contributed by atoms with Crippen molar-refractivity contribution in [2.45, 2.75) is 25.6 Å². The van der Waals surface area contributed by atoms with Crippen molar-refractivity contribution in [1.29, 1.82) is 0 Å². The third-order valence-electron chi connectivity index (χ3n) is 3.45. The van der Waals surface area contributed by atoms with Gasteiger partial charge in [-0.15, -0.1) is 0 Å². The fourth-order valence-corrected chi connectivity index (χ4v) is 3.64. The molecule has 0 aliphatic carbocycles. The number of hydrogen-bond donors (Lipinski definition) is 1. The van der Waals surface area contributed by atoms with Crippen LogP contribution in [0.15, 0.2) is 24.3 Å². The number of sulfonamides is 1. The molecule has 100 valence electrons. The molecular weight excluding hydrogens is 248 g/mol. The maximum Gasteiger partial charge on any atom is 0.218 e. The topological polar surface area (TPSA) is 49.4 Å². The van der Waals surface area contributed by atoms with Gasteiger partial charge in [0.2, 0.25) is 10.0 Å². The van der Waals surface area contributed by atoms with Gasteiger partial charge in [-0.25, -0.2) is 8.42 Å². The molecule has 0 amide bonds. The van der Waals surface area contributed by atoms with E-state index in [0.29, 0.717) is 19.6 Å². The van der Waals surface area contributed by atoms with E-state index in [1.807, 2.05) is 31.2 Å². The molecule has 1 aromatic carbocycles. The van der Waals surface area contributed by atoms with Crippen molar-refractivity contribution in [1.82, 2.24) is 9.62 Å². The molecule has 2 rings (SSSR count). The standard InChI is InChI=1S/C13H20N2O2S/c1-11-5-3-4-6-13(11)10-15-8-7-14-9-12(2)18(15,16)17/h3-6,12,14H,7-10H2,1-2H3. The van der Waals surface area contributed by atoms with Gasteiger partial charge in [0.15, 0.2) is 0 Å². The molecule has 1 fully saturated rings. The van der Waals surface area contributed by atoms with Crippen molar-refractivity contribution in [2.75, 3.05) is 19.6 Å². The molecule has 1 heterocycles. The number of hydrogen-bond acceptors (Lipinski definition) is 3. The number of nitrogens with one attached hydrogen (secondary N) is 1. The van der Waals surface area contributed by atoms with Crippen LogP contribution in [0.4, 0.5) is 0 Å². The summed E-state index contributed by atoms with van der Waals surface area (Å²) in [5.41, 5.74) is 2.22. The van der Waals surface area contributed by atoms with Crippen LogP contribution in [0.25, 0.3) is 0 Å². The largest absolute Gasteiger partial charge is 0.314 e. The van der Waals surface area contributed by atoms with Crippen LogP contribution in [-0.2, 0) is 16.6 Å². The van der Waals surface area contributed by atoms with E-state index >= 15 is 0 Å². The van der Waals surface area contributed by atoms with E-state index in [1.165, 1.54) is 0 Å². The predicted molar refractivity (Wildman–Crippen MR) is 72.8 cm³/mol. The summed E-state index contributed by atoms with van der Waals surface area (Å²) < 4.78 is 26.3. The van der Waals surface area contributed by atoms with Gasteiger partial charge in [0.1, 0.15) is 0 Å². The molecule has 1 unspecified atom stereocenters. The number of rotatable bonds is 2. The van der Waals surface area contributed by atoms with Crippen molar-refractivity contribution in [3.8, 4) is 0 Å². The van der Waals surface area contributed by atoms with Gasteiger partial charge >= 0.3 is 0 Å². The van der Waals surface area contributed by atoms with Crippen LogP contribution in [0.5, 0.6) is 0 Å². The zero-order valence-corrected chi connectivity index (χ0v) is 11.7. The summed E-state index contributed by atoms with van der Waals surface area (Å²) in [4.78, 5) is 0. The fraction of sp³-hybridized carbons (Fsp3) is 0.538. The molecule has 0 bridgehead atoms. The predicted octanol–water partition coefficient (Wildman–Crippen LogP) is 1.12. The van der Waals surface area contributed by atoms with Crippen LogP contribution in [-0.4, -0.2) is 37.6 Å². The zero-order valence-electron chi connectivity index (χ0n) is 10.9. The summed E-state index contributed by atoms with van der Waals surface area (Å²) in [6, 6.07) is 7.93. The van der Waals surface area contributed by atoms with Crippen molar-refractivity contribution in [3.63, 3.8) is 0 Å². The Hall–Kier alpha value is -0.910. The fourth-order valence-electron chi connectivity index (χ4n) is 2.14. The highest BCUT2D eigenvalue weighted by Crippen LogP contribution is 2.17. The molecule has 5 heteroatoms. The molecule has 1 saturated heterocycles. The number of nitrogens with zero attached hydrogens (tertiary/aromatic N) is 1. The van der Waals surface area contributed by atoms with Gasteiger partial charge in [-0.05, 0) is 25.0 Å². The molecule has 1 aliphatic rings. The highest BCUT2D eigenvalue weighted by atomic mass is 32.2. The summed E-state index contributed by atoms with van der Waals surface area (Å²) in [6.45, 7) is 6.05. The first-order valence-corrected chi connectivity index (χ1v) is 7.76. The molecule has 0 saturated carbocycles. The molecule has 18 heavy (non-hydrogen) atoms. The van der Waals surface area contributed by atoms with Gasteiger partial charge in [-0.1, -0.05) is 24.3 Å². The van der Waals surface area contributed by atoms with Gasteiger partial charge in [0.05, 0.1) is 5.25 Å². The molecule has 1 aromatic rings. The molecule has 4 nitrogen and oxygen atoms in total. The van der Waals surface area contributed by atoms with E-state index in [-0.39, 0.29) is 5.25 Å². The summed E-state index contributed by atoms with van der Waals surface area (Å²) in [5, 5.41) is 2.80. The summed E-state index contributed by atoms with van der Waals surface area (Å²) in [7, 11) is -3.18. The SMILES string of the molecule is Cc1ccccc1CN1CCNCC(C)S1(=O)=O. The highest BCUT2D eigenvalue weighted by Gasteiger charge is 2.30. The highest BCUT2D eigenvalue weighted by molar-refractivity contribution is 7.89. The third-order valence-corrected chi connectivity index (χ3v) is 5.66. The van der Waals surface area contributed by atoms with Gasteiger partial charge in [-0.2, -0.15) is 4.31 Å². The quantitative estimate of drug-likeness (QED) is 0.874. The van der Waals surface area contributed by atoms with E-state index in [4.69, 9.17) is 0 Å². The van der Waals surface area contributed by atoms with E-state index in [0.717, 1.165) is 17.7 Å². The number of benzene rings is 1. The Morgan fingerprint density at radius 1 is 1.39 bits per heavy atom. The average molecular weight is 268 g/mol. The number of aryl methyl sites for hydroxylation is 1. The van der Waals surface area contributed by atoms with Crippen molar-refractivity contribution < 1.29 is 8.42 Å². The van der Waals surface area contributed by atoms with Crippen molar-refractivity contribution in [2.24, 2.45) is 0 Å². The van der Waals surface area contributed by atoms with Crippen molar-refractivity contribution >= 4 is 10.0 Å². The Balaban J connectivity index is 2.24. The molecule has 0 aromatic heterocycles. The van der Waals surface area contributed by atoms with Crippen LogP contribution in [0.2, 0.25) is 0 Å². The monoisotopic (exact) mass is 268 g/mol. The Kier molecular flexibility index (Phi) is 4.04. The van der Waals surface area contributed by atoms with Gasteiger partial charge < -0.3 is 5.32 Å². The van der Waals surface area contributed by atoms with Gasteiger partial charge in [0, 0.05) is 26.2 Å². The lowest BCUT2D eigenvalue weighted by Crippen LogP contribution is -2.37. The second-order valence-corrected chi connectivity index (χ2v) is 7.17. The van der Waals surface area contributed by atoms with Crippen LogP contribution in [0.1, 0.15) is 18.1 Å². The van der Waals surface area contributed by atoms with E-state index in [9.17, 15) is 8.42 Å². The molecule has 1 N–H and O–H groups in total. The van der Waals surface area contributed by atoms with Crippen LogP contribution in [0, 0.1) is 6.92 Å². The zero-order chi connectivity index (χ0) is 13.2. The molecule has 0 spiro atoms. The minimum Gasteiger partial charge on any atom is -0.314 e. The normalized spacial score (nSPS) is 24.7. The molecule has 1 atom stereocenters. The maximum absolute atomic E-state index is 12.3. The Morgan fingerprint density at radius 3 is 2.83 bits per heavy atom. The van der Waals surface area contributed by atoms with Gasteiger partial charge in [0.25, 0.3) is 0 Å². The summed E-state index contributed by atoms with van der Waals surface area (Å²) in [5.74, 6) is 0. The van der Waals surface area contributed by atoms with E-state index in [1.54, 1.807) is 11.2 Å². The van der Waals surface area contributed by atoms with E-state index < -0.39 is 10.0 Å². The minimum atomic E-state index is -3.18. The minimum absolute atomic E-state index is 0.357. The lowest BCUT2D eigenvalue weighted by Gasteiger charge is -2.23. The lowest BCUT2D eigenvalue weighted by molar-refractivity contribution is 0.412. The Labute approximate surface area is 109 Å². The van der Waals surface area contributed by atoms with Crippen LogP contribution < -0.4 is 5.32 Å². The third kappa shape index (κ3) is 2.74. The first-order valence-electron chi connectivity index (χ1n) is 6.26. The molecule has 0 radical (unpaired) electrons. The smallest absolute Gasteiger partial charge is 0.218 e. The van der Waals surface area contributed by atoms with E-state index in [2.05, 4.69) is 5.32 Å². The average Bonchev–Trinajstić information content (AvgIpc) is 2.45. The van der Waals surface area contributed by atoms with Crippen LogP contribution >= 0.6 is 0 Å². The van der Waals surface area contributed by atoms with Gasteiger partial charge in [-0.3, -0.25) is 0 Å². The second-order valence-electron chi connectivity index (χ2n) is 4.82. The Bertz CT molecular complexity index is 513.